The normalized spacial score (nSPS) is 12.2. The maximum atomic E-state index is 13.5. The van der Waals surface area contributed by atoms with E-state index in [4.69, 9.17) is 10.5 Å². The zero-order valence-corrected chi connectivity index (χ0v) is 9.59. The summed E-state index contributed by atoms with van der Waals surface area (Å²) >= 11 is 0. The highest BCUT2D eigenvalue weighted by atomic mass is 19.1. The zero-order valence-electron chi connectivity index (χ0n) is 9.59. The van der Waals surface area contributed by atoms with Crippen molar-refractivity contribution in [1.29, 1.82) is 0 Å². The number of amides is 1. The Balaban J connectivity index is 2.97. The maximum absolute atomic E-state index is 13.5. The fraction of sp³-hybridized carbons (Fsp3) is 0.364. The van der Waals surface area contributed by atoms with Crippen LogP contribution < -0.4 is 15.8 Å². The Kier molecular flexibility index (Phi) is 4.39. The van der Waals surface area contributed by atoms with Crippen LogP contribution in [0.3, 0.4) is 0 Å². The molecule has 0 aliphatic carbocycles. The topological polar surface area (TPSA) is 64.3 Å². The van der Waals surface area contributed by atoms with Crippen molar-refractivity contribution in [3.8, 4) is 5.75 Å². The van der Waals surface area contributed by atoms with Gasteiger partial charge in [0, 0.05) is 6.54 Å². The summed E-state index contributed by atoms with van der Waals surface area (Å²) in [5.41, 5.74) is 5.39. The molecule has 94 valence electrons. The lowest BCUT2D eigenvalue weighted by molar-refractivity contribution is -0.124. The first kappa shape index (κ1) is 13.4. The van der Waals surface area contributed by atoms with E-state index in [1.165, 1.54) is 6.92 Å². The van der Waals surface area contributed by atoms with Gasteiger partial charge in [0.05, 0.1) is 0 Å². The van der Waals surface area contributed by atoms with Gasteiger partial charge in [-0.15, -0.1) is 0 Å². The fourth-order valence-electron chi connectivity index (χ4n) is 1.27. The molecule has 0 heterocycles. The quantitative estimate of drug-likeness (QED) is 0.810. The first-order valence-electron chi connectivity index (χ1n) is 5.04. The second kappa shape index (κ2) is 5.58. The molecule has 4 nitrogen and oxygen atoms in total. The standard InChI is InChI=1S/C11H14F2N2O2/c1-6(11(14)16)17-10-8(12)3-7(5-15-2)4-9(10)13/h3-4,6,15H,5H2,1-2H3,(H2,14,16). The van der Waals surface area contributed by atoms with Gasteiger partial charge in [0.2, 0.25) is 0 Å². The average molecular weight is 244 g/mol. The Morgan fingerprint density at radius 1 is 1.47 bits per heavy atom. The zero-order chi connectivity index (χ0) is 13.0. The molecule has 17 heavy (non-hydrogen) atoms. The van der Waals surface area contributed by atoms with Crippen molar-refractivity contribution in [1.82, 2.24) is 5.32 Å². The van der Waals surface area contributed by atoms with Gasteiger partial charge in [-0.25, -0.2) is 8.78 Å². The van der Waals surface area contributed by atoms with E-state index in [2.05, 4.69) is 5.32 Å². The predicted molar refractivity (Wildman–Crippen MR) is 58.4 cm³/mol. The third-order valence-corrected chi connectivity index (χ3v) is 2.13. The molecular formula is C11H14F2N2O2. The minimum Gasteiger partial charge on any atom is -0.475 e. The van der Waals surface area contributed by atoms with Gasteiger partial charge in [0.15, 0.2) is 23.5 Å². The second-order valence-corrected chi connectivity index (χ2v) is 3.58. The number of hydrogen-bond donors (Lipinski definition) is 2. The summed E-state index contributed by atoms with van der Waals surface area (Å²) in [6.07, 6.45) is -1.09. The number of nitrogens with two attached hydrogens (primary N) is 1. The minimum atomic E-state index is -1.09. The van der Waals surface area contributed by atoms with Gasteiger partial charge in [-0.1, -0.05) is 0 Å². The van der Waals surface area contributed by atoms with Gasteiger partial charge in [-0.2, -0.15) is 0 Å². The van der Waals surface area contributed by atoms with Crippen molar-refractivity contribution < 1.29 is 18.3 Å². The number of benzene rings is 1. The average Bonchev–Trinajstić information content (AvgIpc) is 2.23. The number of carbonyl (C=O) groups is 1. The third-order valence-electron chi connectivity index (χ3n) is 2.13. The maximum Gasteiger partial charge on any atom is 0.258 e. The van der Waals surface area contributed by atoms with E-state index < -0.39 is 29.4 Å². The van der Waals surface area contributed by atoms with E-state index in [9.17, 15) is 13.6 Å². The second-order valence-electron chi connectivity index (χ2n) is 3.58. The van der Waals surface area contributed by atoms with E-state index in [0.717, 1.165) is 12.1 Å². The van der Waals surface area contributed by atoms with Crippen LogP contribution in [0.4, 0.5) is 8.78 Å². The summed E-state index contributed by atoms with van der Waals surface area (Å²) < 4.78 is 31.9. The lowest BCUT2D eigenvalue weighted by Crippen LogP contribution is -2.31. The molecule has 1 aromatic carbocycles. The summed E-state index contributed by atoms with van der Waals surface area (Å²) in [4.78, 5) is 10.7. The first-order chi connectivity index (χ1) is 7.95. The highest BCUT2D eigenvalue weighted by molar-refractivity contribution is 5.78. The van der Waals surface area contributed by atoms with Gasteiger partial charge < -0.3 is 15.8 Å². The third kappa shape index (κ3) is 3.39. The Hall–Kier alpha value is -1.69. The number of rotatable bonds is 5. The Morgan fingerprint density at radius 3 is 2.41 bits per heavy atom. The first-order valence-corrected chi connectivity index (χ1v) is 5.04. The van der Waals surface area contributed by atoms with Crippen LogP contribution >= 0.6 is 0 Å². The highest BCUT2D eigenvalue weighted by Gasteiger charge is 2.18. The number of hydrogen-bond acceptors (Lipinski definition) is 3. The SMILES string of the molecule is CNCc1cc(F)c(OC(C)C(N)=O)c(F)c1. The van der Waals surface area contributed by atoms with Crippen LogP contribution in [-0.4, -0.2) is 19.1 Å². The largest absolute Gasteiger partial charge is 0.475 e. The molecule has 0 saturated carbocycles. The van der Waals surface area contributed by atoms with Crippen LogP contribution in [0.5, 0.6) is 5.75 Å². The summed E-state index contributed by atoms with van der Waals surface area (Å²) in [7, 11) is 1.66. The van der Waals surface area contributed by atoms with Crippen molar-refractivity contribution in [3.63, 3.8) is 0 Å². The monoisotopic (exact) mass is 244 g/mol. The number of primary amides is 1. The molecule has 0 aliphatic heterocycles. The minimum absolute atomic E-state index is 0.333. The molecule has 0 bridgehead atoms. The van der Waals surface area contributed by atoms with E-state index in [-0.39, 0.29) is 0 Å². The van der Waals surface area contributed by atoms with Crippen LogP contribution in [0.15, 0.2) is 12.1 Å². The van der Waals surface area contributed by atoms with Crippen LogP contribution in [-0.2, 0) is 11.3 Å². The number of ether oxygens (including phenoxy) is 1. The fourth-order valence-corrected chi connectivity index (χ4v) is 1.27. The number of nitrogens with one attached hydrogen (secondary N) is 1. The van der Waals surface area contributed by atoms with Crippen molar-refractivity contribution in [2.75, 3.05) is 7.05 Å². The lowest BCUT2D eigenvalue weighted by Gasteiger charge is -2.13. The molecule has 1 amide bonds. The van der Waals surface area contributed by atoms with Gasteiger partial charge in [-0.05, 0) is 31.7 Å². The van der Waals surface area contributed by atoms with Crippen LogP contribution in [0.2, 0.25) is 0 Å². The highest BCUT2D eigenvalue weighted by Crippen LogP contribution is 2.24. The Morgan fingerprint density at radius 2 is 2.00 bits per heavy atom. The van der Waals surface area contributed by atoms with Crippen molar-refractivity contribution in [2.45, 2.75) is 19.6 Å². The molecular weight excluding hydrogens is 230 g/mol. The van der Waals surface area contributed by atoms with Gasteiger partial charge >= 0.3 is 0 Å². The summed E-state index contributed by atoms with van der Waals surface area (Å²) in [6.45, 7) is 1.65. The van der Waals surface area contributed by atoms with Crippen LogP contribution in [0.25, 0.3) is 0 Å². The molecule has 0 aliphatic rings. The summed E-state index contributed by atoms with van der Waals surface area (Å²) in [6, 6.07) is 2.28. The molecule has 1 atom stereocenters. The van der Waals surface area contributed by atoms with Crippen LogP contribution in [0, 0.1) is 11.6 Å². The van der Waals surface area contributed by atoms with E-state index in [1.54, 1.807) is 7.05 Å². The molecule has 0 saturated heterocycles. The molecule has 1 aromatic rings. The molecule has 0 fully saturated rings. The molecule has 1 unspecified atom stereocenters. The smallest absolute Gasteiger partial charge is 0.258 e. The van der Waals surface area contributed by atoms with Gasteiger partial charge in [0.25, 0.3) is 5.91 Å². The number of carbonyl (C=O) groups excluding carboxylic acids is 1. The van der Waals surface area contributed by atoms with Crippen molar-refractivity contribution in [2.24, 2.45) is 5.73 Å². The molecule has 0 radical (unpaired) electrons. The van der Waals surface area contributed by atoms with Gasteiger partial charge in [-0.3, -0.25) is 4.79 Å². The Bertz CT molecular complexity index is 401. The summed E-state index contributed by atoms with van der Waals surface area (Å²) in [5, 5.41) is 2.77. The van der Waals surface area contributed by atoms with Crippen molar-refractivity contribution in [3.05, 3.63) is 29.3 Å². The van der Waals surface area contributed by atoms with E-state index in [0.29, 0.717) is 12.1 Å². The molecule has 6 heteroatoms. The Labute approximate surface area is 97.8 Å². The predicted octanol–water partition coefficient (Wildman–Crippen LogP) is 0.937. The van der Waals surface area contributed by atoms with Crippen LogP contribution in [0.1, 0.15) is 12.5 Å². The molecule has 0 spiro atoms. The summed E-state index contributed by atoms with van der Waals surface area (Å²) in [5.74, 6) is -3.09. The van der Waals surface area contributed by atoms with Gasteiger partial charge in [0.1, 0.15) is 0 Å². The van der Waals surface area contributed by atoms with E-state index in [1.807, 2.05) is 0 Å². The molecule has 3 N–H and O–H groups in total. The van der Waals surface area contributed by atoms with Crippen molar-refractivity contribution >= 4 is 5.91 Å². The molecule has 0 aromatic heterocycles. The van der Waals surface area contributed by atoms with E-state index >= 15 is 0 Å². The molecule has 1 rings (SSSR count). The number of halogens is 2. The lowest BCUT2D eigenvalue weighted by atomic mass is 10.2.